The topological polar surface area (TPSA) is 64.4 Å². The standard InChI is InChI=1S/C15H22N2O2/c16-11-14(12-5-2-1-3-6-12)15(18)17-9-8-13-7-4-10-19-13/h1-3,5-6,13-14H,4,7-11,16H2,(H,17,18). The molecule has 2 atom stereocenters. The second-order valence-electron chi connectivity index (χ2n) is 4.91. The molecule has 0 saturated carbocycles. The van der Waals surface area contributed by atoms with Crippen molar-refractivity contribution in [2.75, 3.05) is 19.7 Å². The molecule has 3 N–H and O–H groups in total. The van der Waals surface area contributed by atoms with Gasteiger partial charge in [0, 0.05) is 19.7 Å². The van der Waals surface area contributed by atoms with Crippen LogP contribution >= 0.6 is 0 Å². The van der Waals surface area contributed by atoms with E-state index < -0.39 is 0 Å². The molecule has 1 aliphatic rings. The number of hydrogen-bond donors (Lipinski definition) is 2. The van der Waals surface area contributed by atoms with Crippen LogP contribution in [0.2, 0.25) is 0 Å². The van der Waals surface area contributed by atoms with Crippen molar-refractivity contribution in [1.82, 2.24) is 5.32 Å². The molecule has 1 amide bonds. The predicted molar refractivity (Wildman–Crippen MR) is 74.8 cm³/mol. The molecule has 1 heterocycles. The molecule has 19 heavy (non-hydrogen) atoms. The lowest BCUT2D eigenvalue weighted by molar-refractivity contribution is -0.122. The van der Waals surface area contributed by atoms with E-state index in [4.69, 9.17) is 10.5 Å². The van der Waals surface area contributed by atoms with Crippen LogP contribution in [-0.4, -0.2) is 31.7 Å². The number of nitrogens with two attached hydrogens (primary N) is 1. The highest BCUT2D eigenvalue weighted by atomic mass is 16.5. The first-order valence-electron chi connectivity index (χ1n) is 6.95. The number of amides is 1. The van der Waals surface area contributed by atoms with E-state index in [1.807, 2.05) is 30.3 Å². The minimum absolute atomic E-state index is 0.00620. The van der Waals surface area contributed by atoms with Gasteiger partial charge < -0.3 is 15.8 Å². The Balaban J connectivity index is 1.80. The first kappa shape index (κ1) is 14.0. The summed E-state index contributed by atoms with van der Waals surface area (Å²) >= 11 is 0. The first-order valence-corrected chi connectivity index (χ1v) is 6.95. The Morgan fingerprint density at radius 1 is 1.42 bits per heavy atom. The zero-order valence-corrected chi connectivity index (χ0v) is 11.2. The monoisotopic (exact) mass is 262 g/mol. The number of rotatable bonds is 6. The van der Waals surface area contributed by atoms with Crippen LogP contribution in [0.5, 0.6) is 0 Å². The molecule has 4 nitrogen and oxygen atoms in total. The van der Waals surface area contributed by atoms with Crippen molar-refractivity contribution in [2.24, 2.45) is 5.73 Å². The summed E-state index contributed by atoms with van der Waals surface area (Å²) in [6.07, 6.45) is 3.44. The SMILES string of the molecule is NCC(C(=O)NCCC1CCCO1)c1ccccc1. The number of ether oxygens (including phenoxy) is 1. The summed E-state index contributed by atoms with van der Waals surface area (Å²) in [5.41, 5.74) is 6.69. The van der Waals surface area contributed by atoms with Gasteiger partial charge in [0.15, 0.2) is 0 Å². The van der Waals surface area contributed by atoms with E-state index in [0.717, 1.165) is 31.4 Å². The van der Waals surface area contributed by atoms with Gasteiger partial charge in [-0.2, -0.15) is 0 Å². The molecule has 0 aliphatic carbocycles. The van der Waals surface area contributed by atoms with E-state index in [2.05, 4.69) is 5.32 Å². The largest absolute Gasteiger partial charge is 0.378 e. The van der Waals surface area contributed by atoms with Gasteiger partial charge in [-0.05, 0) is 24.8 Å². The van der Waals surface area contributed by atoms with Gasteiger partial charge in [0.1, 0.15) is 0 Å². The van der Waals surface area contributed by atoms with E-state index in [9.17, 15) is 4.79 Å². The lowest BCUT2D eigenvalue weighted by Crippen LogP contribution is -2.35. The van der Waals surface area contributed by atoms with Crippen LogP contribution in [0.3, 0.4) is 0 Å². The molecule has 2 unspecified atom stereocenters. The van der Waals surface area contributed by atoms with Crippen LogP contribution in [0.1, 0.15) is 30.7 Å². The van der Waals surface area contributed by atoms with Crippen molar-refractivity contribution < 1.29 is 9.53 Å². The maximum Gasteiger partial charge on any atom is 0.228 e. The van der Waals surface area contributed by atoms with Crippen molar-refractivity contribution in [3.05, 3.63) is 35.9 Å². The van der Waals surface area contributed by atoms with E-state index in [-0.39, 0.29) is 11.8 Å². The van der Waals surface area contributed by atoms with Gasteiger partial charge in [-0.1, -0.05) is 30.3 Å². The second kappa shape index (κ2) is 7.26. The fraction of sp³-hybridized carbons (Fsp3) is 0.533. The minimum atomic E-state index is -0.259. The van der Waals surface area contributed by atoms with Crippen LogP contribution in [0, 0.1) is 0 Å². The molecule has 1 aromatic carbocycles. The Kier molecular flexibility index (Phi) is 5.36. The molecule has 104 valence electrons. The Morgan fingerprint density at radius 3 is 2.84 bits per heavy atom. The highest BCUT2D eigenvalue weighted by Gasteiger charge is 2.19. The van der Waals surface area contributed by atoms with Crippen LogP contribution in [0.4, 0.5) is 0 Å². The van der Waals surface area contributed by atoms with E-state index in [1.165, 1.54) is 0 Å². The summed E-state index contributed by atoms with van der Waals surface area (Å²) in [5.74, 6) is -0.252. The molecule has 0 spiro atoms. The molecule has 0 bridgehead atoms. The highest BCUT2D eigenvalue weighted by Crippen LogP contribution is 2.16. The molecule has 1 saturated heterocycles. The lowest BCUT2D eigenvalue weighted by atomic mass is 9.98. The van der Waals surface area contributed by atoms with Gasteiger partial charge in [-0.3, -0.25) is 4.79 Å². The maximum absolute atomic E-state index is 12.1. The molecule has 1 aliphatic heterocycles. The van der Waals surface area contributed by atoms with E-state index >= 15 is 0 Å². The van der Waals surface area contributed by atoms with Gasteiger partial charge in [0.05, 0.1) is 12.0 Å². The van der Waals surface area contributed by atoms with Crippen LogP contribution in [-0.2, 0) is 9.53 Å². The van der Waals surface area contributed by atoms with Crippen molar-refractivity contribution in [3.63, 3.8) is 0 Å². The molecular weight excluding hydrogens is 240 g/mol. The smallest absolute Gasteiger partial charge is 0.228 e. The fourth-order valence-electron chi connectivity index (χ4n) is 2.43. The molecular formula is C15H22N2O2. The van der Waals surface area contributed by atoms with Gasteiger partial charge >= 0.3 is 0 Å². The van der Waals surface area contributed by atoms with Gasteiger partial charge in [-0.15, -0.1) is 0 Å². The Labute approximate surface area is 114 Å². The van der Waals surface area contributed by atoms with E-state index in [1.54, 1.807) is 0 Å². The number of benzene rings is 1. The van der Waals surface area contributed by atoms with Gasteiger partial charge in [0.2, 0.25) is 5.91 Å². The molecule has 1 fully saturated rings. The van der Waals surface area contributed by atoms with Crippen LogP contribution in [0.25, 0.3) is 0 Å². The third-order valence-corrected chi connectivity index (χ3v) is 3.54. The lowest BCUT2D eigenvalue weighted by Gasteiger charge is -2.16. The van der Waals surface area contributed by atoms with Crippen molar-refractivity contribution in [2.45, 2.75) is 31.3 Å². The second-order valence-corrected chi connectivity index (χ2v) is 4.91. The molecule has 0 aromatic heterocycles. The number of carbonyl (C=O) groups excluding carboxylic acids is 1. The zero-order valence-electron chi connectivity index (χ0n) is 11.2. The minimum Gasteiger partial charge on any atom is -0.378 e. The van der Waals surface area contributed by atoms with Crippen molar-refractivity contribution >= 4 is 5.91 Å². The summed E-state index contributed by atoms with van der Waals surface area (Å²) in [6.45, 7) is 1.84. The average Bonchev–Trinajstić information content (AvgIpc) is 2.94. The normalized spacial score (nSPS) is 20.2. The molecule has 4 heteroatoms. The first-order chi connectivity index (χ1) is 9.31. The molecule has 1 aromatic rings. The number of nitrogens with one attached hydrogen (secondary N) is 1. The van der Waals surface area contributed by atoms with Gasteiger partial charge in [-0.25, -0.2) is 0 Å². The van der Waals surface area contributed by atoms with Crippen LogP contribution < -0.4 is 11.1 Å². The van der Waals surface area contributed by atoms with Crippen molar-refractivity contribution in [1.29, 1.82) is 0 Å². The predicted octanol–water partition coefficient (Wildman–Crippen LogP) is 1.41. The van der Waals surface area contributed by atoms with Crippen molar-refractivity contribution in [3.8, 4) is 0 Å². The Hall–Kier alpha value is -1.39. The molecule has 0 radical (unpaired) electrons. The third kappa shape index (κ3) is 4.04. The summed E-state index contributed by atoms with van der Waals surface area (Å²) in [7, 11) is 0. The Bertz CT molecular complexity index is 388. The molecule has 2 rings (SSSR count). The zero-order chi connectivity index (χ0) is 13.5. The number of hydrogen-bond acceptors (Lipinski definition) is 3. The maximum atomic E-state index is 12.1. The summed E-state index contributed by atoms with van der Waals surface area (Å²) < 4.78 is 5.53. The highest BCUT2D eigenvalue weighted by molar-refractivity contribution is 5.83. The summed E-state index contributed by atoms with van der Waals surface area (Å²) in [5, 5.41) is 2.96. The average molecular weight is 262 g/mol. The quantitative estimate of drug-likeness (QED) is 0.815. The summed E-state index contributed by atoms with van der Waals surface area (Å²) in [6, 6.07) is 9.68. The van der Waals surface area contributed by atoms with Crippen LogP contribution in [0.15, 0.2) is 30.3 Å². The summed E-state index contributed by atoms with van der Waals surface area (Å²) in [4.78, 5) is 12.1. The van der Waals surface area contributed by atoms with Gasteiger partial charge in [0.25, 0.3) is 0 Å². The third-order valence-electron chi connectivity index (χ3n) is 3.54. The Morgan fingerprint density at radius 2 is 2.21 bits per heavy atom. The number of carbonyl (C=O) groups is 1. The van der Waals surface area contributed by atoms with E-state index in [0.29, 0.717) is 19.2 Å². The fourth-order valence-corrected chi connectivity index (χ4v) is 2.43.